The molecule has 1 atom stereocenters. The van der Waals surface area contributed by atoms with Crippen molar-refractivity contribution in [1.29, 1.82) is 0 Å². The van der Waals surface area contributed by atoms with Crippen molar-refractivity contribution in [3.05, 3.63) is 39.6 Å². The lowest BCUT2D eigenvalue weighted by Crippen LogP contribution is -2.28. The van der Waals surface area contributed by atoms with Crippen LogP contribution in [-0.2, 0) is 17.3 Å². The van der Waals surface area contributed by atoms with Gasteiger partial charge in [-0.3, -0.25) is 13.6 Å². The van der Waals surface area contributed by atoms with Crippen LogP contribution in [0.25, 0.3) is 0 Å². The molecule has 1 aromatic heterocycles. The fraction of sp³-hybridized carbons (Fsp3) is 0.286. The highest BCUT2D eigenvalue weighted by Crippen LogP contribution is 2.30. The Morgan fingerprint density at radius 1 is 1.36 bits per heavy atom. The Hall–Kier alpha value is -1.86. The molecule has 0 amide bonds. The summed E-state index contributed by atoms with van der Waals surface area (Å²) in [6.45, 7) is 0.402. The van der Waals surface area contributed by atoms with Crippen LogP contribution in [0.5, 0.6) is 5.88 Å². The third kappa shape index (κ3) is 2.40. The Kier molecular flexibility index (Phi) is 3.92. The first-order chi connectivity index (χ1) is 10.5. The molecular weight excluding hydrogens is 326 g/mol. The molecule has 1 unspecified atom stereocenters. The summed E-state index contributed by atoms with van der Waals surface area (Å²) in [6.07, 6.45) is 0. The molecule has 2 aromatic rings. The maximum atomic E-state index is 12.7. The van der Waals surface area contributed by atoms with Crippen molar-refractivity contribution >= 4 is 33.8 Å². The number of aromatic nitrogens is 2. The summed E-state index contributed by atoms with van der Waals surface area (Å²) >= 11 is 5.89. The van der Waals surface area contributed by atoms with Crippen molar-refractivity contribution in [2.75, 3.05) is 24.8 Å². The molecule has 6 nitrogen and oxygen atoms in total. The third-order valence-corrected chi connectivity index (χ3v) is 5.05. The van der Waals surface area contributed by atoms with Gasteiger partial charge < -0.3 is 9.64 Å². The molecule has 0 fully saturated rings. The Balaban J connectivity index is 2.16. The van der Waals surface area contributed by atoms with Gasteiger partial charge in [0.1, 0.15) is 0 Å². The SMILES string of the molecule is COc1nc2n(c(=O)c1N(C)c1ccc(Cl)cc1)CCS2=O. The highest BCUT2D eigenvalue weighted by Gasteiger charge is 2.27. The number of benzene rings is 1. The van der Waals surface area contributed by atoms with Gasteiger partial charge in [-0.15, -0.1) is 0 Å². The van der Waals surface area contributed by atoms with Gasteiger partial charge in [-0.1, -0.05) is 11.6 Å². The van der Waals surface area contributed by atoms with E-state index in [2.05, 4.69) is 4.98 Å². The molecule has 2 heterocycles. The summed E-state index contributed by atoms with van der Waals surface area (Å²) in [5.41, 5.74) is 0.832. The van der Waals surface area contributed by atoms with Gasteiger partial charge in [0.2, 0.25) is 11.0 Å². The van der Waals surface area contributed by atoms with Gasteiger partial charge in [-0.25, -0.2) is 0 Å². The van der Waals surface area contributed by atoms with E-state index in [1.165, 1.54) is 11.7 Å². The lowest BCUT2D eigenvalue weighted by molar-refractivity contribution is 0.388. The van der Waals surface area contributed by atoms with Gasteiger partial charge in [-0.2, -0.15) is 4.98 Å². The average molecular weight is 340 g/mol. The first-order valence-electron chi connectivity index (χ1n) is 6.59. The summed E-state index contributed by atoms with van der Waals surface area (Å²) in [5, 5.41) is 0.887. The largest absolute Gasteiger partial charge is 0.479 e. The Bertz CT molecular complexity index is 804. The van der Waals surface area contributed by atoms with Crippen molar-refractivity contribution in [1.82, 2.24) is 9.55 Å². The number of fused-ring (bicyclic) bond motifs is 1. The molecule has 0 saturated carbocycles. The van der Waals surface area contributed by atoms with Crippen LogP contribution in [0.2, 0.25) is 5.02 Å². The monoisotopic (exact) mass is 339 g/mol. The van der Waals surface area contributed by atoms with Gasteiger partial charge in [0.05, 0.1) is 17.9 Å². The van der Waals surface area contributed by atoms with E-state index in [9.17, 15) is 9.00 Å². The maximum Gasteiger partial charge on any atom is 0.282 e. The zero-order valence-electron chi connectivity index (χ0n) is 12.1. The molecule has 1 aliphatic rings. The second-order valence-corrected chi connectivity index (χ2v) is 6.70. The van der Waals surface area contributed by atoms with Crippen LogP contribution < -0.4 is 15.2 Å². The van der Waals surface area contributed by atoms with Crippen LogP contribution in [-0.4, -0.2) is 33.7 Å². The molecule has 0 spiro atoms. The molecule has 22 heavy (non-hydrogen) atoms. The topological polar surface area (TPSA) is 64.4 Å². The van der Waals surface area contributed by atoms with E-state index < -0.39 is 10.8 Å². The Morgan fingerprint density at radius 2 is 2.05 bits per heavy atom. The quantitative estimate of drug-likeness (QED) is 0.798. The third-order valence-electron chi connectivity index (χ3n) is 3.53. The summed E-state index contributed by atoms with van der Waals surface area (Å²) in [6, 6.07) is 7.09. The number of anilines is 2. The number of hydrogen-bond acceptors (Lipinski definition) is 5. The van der Waals surface area contributed by atoms with Crippen LogP contribution in [0.3, 0.4) is 0 Å². The molecule has 116 valence electrons. The Morgan fingerprint density at radius 3 is 2.68 bits per heavy atom. The second-order valence-electron chi connectivity index (χ2n) is 4.79. The van der Waals surface area contributed by atoms with Gasteiger partial charge in [0.25, 0.3) is 5.56 Å². The van der Waals surface area contributed by atoms with Gasteiger partial charge in [0.15, 0.2) is 5.69 Å². The molecule has 0 bridgehead atoms. The first-order valence-corrected chi connectivity index (χ1v) is 8.29. The number of methoxy groups -OCH3 is 1. The van der Waals surface area contributed by atoms with Crippen molar-refractivity contribution in [3.8, 4) is 5.88 Å². The summed E-state index contributed by atoms with van der Waals surface area (Å²) < 4.78 is 18.6. The standard InChI is InChI=1S/C14H14ClN3O3S/c1-17(10-5-3-9(15)4-6-10)11-12(21-2)16-14-18(13(11)19)7-8-22(14)20/h3-6H,7-8H2,1-2H3. The van der Waals surface area contributed by atoms with E-state index in [4.69, 9.17) is 16.3 Å². The molecule has 0 saturated heterocycles. The zero-order chi connectivity index (χ0) is 15.9. The number of hydrogen-bond donors (Lipinski definition) is 0. The van der Waals surface area contributed by atoms with Gasteiger partial charge in [-0.05, 0) is 24.3 Å². The summed E-state index contributed by atoms with van der Waals surface area (Å²) in [7, 11) is 1.94. The lowest BCUT2D eigenvalue weighted by atomic mass is 10.3. The highest BCUT2D eigenvalue weighted by molar-refractivity contribution is 7.85. The van der Waals surface area contributed by atoms with Crippen LogP contribution in [0.4, 0.5) is 11.4 Å². The zero-order valence-corrected chi connectivity index (χ0v) is 13.6. The predicted molar refractivity (Wildman–Crippen MR) is 85.8 cm³/mol. The first kappa shape index (κ1) is 15.1. The molecule has 0 N–H and O–H groups in total. The van der Waals surface area contributed by atoms with Gasteiger partial charge in [0, 0.05) is 30.1 Å². The fourth-order valence-corrected chi connectivity index (χ4v) is 3.63. The van der Waals surface area contributed by atoms with Crippen molar-refractivity contribution in [2.24, 2.45) is 0 Å². The van der Waals surface area contributed by atoms with E-state index in [1.807, 2.05) is 0 Å². The minimum atomic E-state index is -1.25. The maximum absolute atomic E-state index is 12.7. The van der Waals surface area contributed by atoms with E-state index in [0.717, 1.165) is 5.69 Å². The summed E-state index contributed by atoms with van der Waals surface area (Å²) in [5.74, 6) is 0.573. The minimum absolute atomic E-state index is 0.170. The van der Waals surface area contributed by atoms with E-state index in [0.29, 0.717) is 23.0 Å². The Labute approximate surface area is 134 Å². The average Bonchev–Trinajstić information content (AvgIpc) is 2.89. The second kappa shape index (κ2) is 5.73. The smallest absolute Gasteiger partial charge is 0.282 e. The number of rotatable bonds is 3. The van der Waals surface area contributed by atoms with Crippen LogP contribution in [0.1, 0.15) is 0 Å². The van der Waals surface area contributed by atoms with E-state index in [-0.39, 0.29) is 16.6 Å². The molecular formula is C14H14ClN3O3S. The van der Waals surface area contributed by atoms with Crippen LogP contribution in [0.15, 0.2) is 34.2 Å². The van der Waals surface area contributed by atoms with E-state index in [1.54, 1.807) is 36.2 Å². The van der Waals surface area contributed by atoms with Gasteiger partial charge >= 0.3 is 0 Å². The molecule has 3 rings (SSSR count). The van der Waals surface area contributed by atoms with Crippen molar-refractivity contribution in [3.63, 3.8) is 0 Å². The minimum Gasteiger partial charge on any atom is -0.479 e. The molecule has 0 aliphatic carbocycles. The molecule has 1 aromatic carbocycles. The predicted octanol–water partition coefficient (Wildman–Crippen LogP) is 1.79. The molecule has 8 heteroatoms. The lowest BCUT2D eigenvalue weighted by Gasteiger charge is -2.21. The summed E-state index contributed by atoms with van der Waals surface area (Å²) in [4.78, 5) is 18.7. The van der Waals surface area contributed by atoms with Crippen LogP contribution in [0, 0.1) is 0 Å². The van der Waals surface area contributed by atoms with Crippen LogP contribution >= 0.6 is 11.6 Å². The highest BCUT2D eigenvalue weighted by atomic mass is 35.5. The molecule has 1 aliphatic heterocycles. The number of halogens is 1. The molecule has 0 radical (unpaired) electrons. The number of ether oxygens (including phenoxy) is 1. The fourth-order valence-electron chi connectivity index (χ4n) is 2.37. The normalized spacial score (nSPS) is 16.4. The van der Waals surface area contributed by atoms with E-state index >= 15 is 0 Å². The number of nitrogens with zero attached hydrogens (tertiary/aromatic N) is 3. The van der Waals surface area contributed by atoms with Crippen molar-refractivity contribution < 1.29 is 8.95 Å². The van der Waals surface area contributed by atoms with Crippen molar-refractivity contribution in [2.45, 2.75) is 11.7 Å².